The van der Waals surface area contributed by atoms with Gasteiger partial charge in [-0.3, -0.25) is 0 Å². The molecule has 0 saturated heterocycles. The third-order valence-corrected chi connectivity index (χ3v) is 7.38. The molecule has 0 bridgehead atoms. The monoisotopic (exact) mass is 367 g/mol. The maximum atomic E-state index is 12.3. The second-order valence-electron chi connectivity index (χ2n) is 5.17. The summed E-state index contributed by atoms with van der Waals surface area (Å²) >= 11 is 5.97. The number of rotatable bonds is 8. The fourth-order valence-corrected chi connectivity index (χ4v) is 5.69. The molecule has 8 heteroatoms. The first kappa shape index (κ1) is 19.3. The second kappa shape index (κ2) is 7.66. The molecule has 0 amide bonds. The molecule has 0 aromatic heterocycles. The maximum Gasteiger partial charge on any atom is 0.180 e. The number of hydrogen-bond donors (Lipinski definition) is 1. The van der Waals surface area contributed by atoms with Crippen molar-refractivity contribution in [3.05, 3.63) is 17.2 Å². The standard InChI is InChI=1S/C14H22ClNO4S2/c1-3-5-7-21(17,18)13-10-14(12(16)9-11(13)15)22(19,20)8-6-4-2/h9-10H,3-8,16H2,1-2H3. The number of unbranched alkanes of at least 4 members (excludes halogenated alkanes) is 2. The first-order valence-corrected chi connectivity index (χ1v) is 10.9. The molecule has 0 fully saturated rings. The van der Waals surface area contributed by atoms with E-state index in [0.29, 0.717) is 25.7 Å². The second-order valence-corrected chi connectivity index (χ2v) is 9.73. The Morgan fingerprint density at radius 2 is 1.36 bits per heavy atom. The Hall–Kier alpha value is -0.790. The molecule has 0 aliphatic heterocycles. The van der Waals surface area contributed by atoms with Gasteiger partial charge in [0, 0.05) is 0 Å². The fraction of sp³-hybridized carbons (Fsp3) is 0.571. The van der Waals surface area contributed by atoms with Crippen molar-refractivity contribution in [2.24, 2.45) is 0 Å². The Bertz CT molecular complexity index is 668. The molecule has 0 atom stereocenters. The van der Waals surface area contributed by atoms with E-state index in [0.717, 1.165) is 6.07 Å². The Balaban J connectivity index is 3.37. The van der Waals surface area contributed by atoms with Gasteiger partial charge in [-0.15, -0.1) is 0 Å². The lowest BCUT2D eigenvalue weighted by Crippen LogP contribution is -2.13. The van der Waals surface area contributed by atoms with E-state index >= 15 is 0 Å². The van der Waals surface area contributed by atoms with Gasteiger partial charge < -0.3 is 5.73 Å². The molecule has 126 valence electrons. The van der Waals surface area contributed by atoms with Gasteiger partial charge in [0.2, 0.25) is 0 Å². The summed E-state index contributed by atoms with van der Waals surface area (Å²) in [7, 11) is -7.25. The molecule has 5 nitrogen and oxygen atoms in total. The van der Waals surface area contributed by atoms with E-state index in [4.69, 9.17) is 17.3 Å². The zero-order chi connectivity index (χ0) is 17.0. The van der Waals surface area contributed by atoms with Crippen LogP contribution in [-0.2, 0) is 19.7 Å². The highest BCUT2D eigenvalue weighted by atomic mass is 35.5. The maximum absolute atomic E-state index is 12.3. The highest BCUT2D eigenvalue weighted by Gasteiger charge is 2.24. The van der Waals surface area contributed by atoms with Gasteiger partial charge in [0.05, 0.1) is 32.0 Å². The minimum absolute atomic E-state index is 0.0180. The van der Waals surface area contributed by atoms with Crippen molar-refractivity contribution in [3.63, 3.8) is 0 Å². The molecule has 1 aromatic carbocycles. The van der Waals surface area contributed by atoms with E-state index in [2.05, 4.69) is 0 Å². The summed E-state index contributed by atoms with van der Waals surface area (Å²) in [6.45, 7) is 3.75. The molecule has 0 unspecified atom stereocenters. The molecule has 1 rings (SSSR count). The normalized spacial score (nSPS) is 12.5. The average Bonchev–Trinajstić information content (AvgIpc) is 2.42. The Kier molecular flexibility index (Phi) is 6.70. The lowest BCUT2D eigenvalue weighted by atomic mass is 10.3. The van der Waals surface area contributed by atoms with E-state index in [-0.39, 0.29) is 32.0 Å². The third kappa shape index (κ3) is 4.60. The quantitative estimate of drug-likeness (QED) is 0.712. The highest BCUT2D eigenvalue weighted by molar-refractivity contribution is 7.92. The van der Waals surface area contributed by atoms with E-state index in [1.54, 1.807) is 0 Å². The molecule has 1 aromatic rings. The summed E-state index contributed by atoms with van der Waals surface area (Å²) in [5.41, 5.74) is 5.72. The van der Waals surface area contributed by atoms with Crippen LogP contribution in [0.15, 0.2) is 21.9 Å². The number of nitrogen functional groups attached to an aromatic ring is 1. The predicted molar refractivity (Wildman–Crippen MR) is 89.8 cm³/mol. The van der Waals surface area contributed by atoms with Crippen LogP contribution in [0.5, 0.6) is 0 Å². The average molecular weight is 368 g/mol. The van der Waals surface area contributed by atoms with Crippen LogP contribution in [0.2, 0.25) is 5.02 Å². The first-order valence-electron chi connectivity index (χ1n) is 7.20. The zero-order valence-electron chi connectivity index (χ0n) is 12.8. The minimum Gasteiger partial charge on any atom is -0.398 e. The van der Waals surface area contributed by atoms with Crippen LogP contribution in [0, 0.1) is 0 Å². The lowest BCUT2D eigenvalue weighted by molar-refractivity contribution is 0.591. The largest absolute Gasteiger partial charge is 0.398 e. The summed E-state index contributed by atoms with van der Waals surface area (Å²) in [5.74, 6) is -0.134. The third-order valence-electron chi connectivity index (χ3n) is 3.27. The summed E-state index contributed by atoms with van der Waals surface area (Å²) in [5, 5.41) is -0.0388. The van der Waals surface area contributed by atoms with Gasteiger partial charge in [0.25, 0.3) is 0 Å². The molecule has 0 heterocycles. The number of benzene rings is 1. The number of hydrogen-bond acceptors (Lipinski definition) is 5. The van der Waals surface area contributed by atoms with Crippen molar-refractivity contribution < 1.29 is 16.8 Å². The summed E-state index contributed by atoms with van der Waals surface area (Å²) in [6.07, 6.45) is 2.41. The Morgan fingerprint density at radius 1 is 0.909 bits per heavy atom. The van der Waals surface area contributed by atoms with Crippen molar-refractivity contribution in [1.29, 1.82) is 0 Å². The predicted octanol–water partition coefficient (Wildman–Crippen LogP) is 3.07. The molecular weight excluding hydrogens is 346 g/mol. The van der Waals surface area contributed by atoms with Crippen molar-refractivity contribution >= 4 is 37.0 Å². The number of nitrogens with two attached hydrogens (primary N) is 1. The SMILES string of the molecule is CCCCS(=O)(=O)c1cc(S(=O)(=O)CCCC)c(Cl)cc1N. The van der Waals surface area contributed by atoms with Crippen LogP contribution < -0.4 is 5.73 Å². The Morgan fingerprint density at radius 3 is 1.82 bits per heavy atom. The minimum atomic E-state index is -3.63. The highest BCUT2D eigenvalue weighted by Crippen LogP contribution is 2.31. The first-order chi connectivity index (χ1) is 10.2. The smallest absolute Gasteiger partial charge is 0.180 e. The molecule has 0 spiro atoms. The summed E-state index contributed by atoms with van der Waals surface area (Å²) in [4.78, 5) is -0.313. The molecule has 0 saturated carbocycles. The van der Waals surface area contributed by atoms with E-state index < -0.39 is 19.7 Å². The molecule has 22 heavy (non-hydrogen) atoms. The van der Waals surface area contributed by atoms with Gasteiger partial charge in [-0.1, -0.05) is 38.3 Å². The van der Waals surface area contributed by atoms with E-state index in [9.17, 15) is 16.8 Å². The van der Waals surface area contributed by atoms with Crippen LogP contribution in [0.4, 0.5) is 5.69 Å². The van der Waals surface area contributed by atoms with Gasteiger partial charge >= 0.3 is 0 Å². The molecule has 0 radical (unpaired) electrons. The van der Waals surface area contributed by atoms with Crippen molar-refractivity contribution in [1.82, 2.24) is 0 Å². The van der Waals surface area contributed by atoms with Gasteiger partial charge in [0.15, 0.2) is 19.7 Å². The lowest BCUT2D eigenvalue weighted by Gasteiger charge is -2.12. The van der Waals surface area contributed by atoms with Crippen LogP contribution in [0.1, 0.15) is 39.5 Å². The summed E-state index contributed by atoms with van der Waals surface area (Å²) in [6, 6.07) is 2.31. The van der Waals surface area contributed by atoms with E-state index in [1.165, 1.54) is 6.07 Å². The van der Waals surface area contributed by atoms with Crippen LogP contribution >= 0.6 is 11.6 Å². The topological polar surface area (TPSA) is 94.3 Å². The van der Waals surface area contributed by atoms with Gasteiger partial charge in [-0.25, -0.2) is 16.8 Å². The molecule has 2 N–H and O–H groups in total. The molecule has 0 aliphatic rings. The van der Waals surface area contributed by atoms with Gasteiger partial charge in [-0.2, -0.15) is 0 Å². The van der Waals surface area contributed by atoms with Gasteiger partial charge in [0.1, 0.15) is 0 Å². The fourth-order valence-electron chi connectivity index (χ4n) is 1.95. The van der Waals surface area contributed by atoms with Crippen molar-refractivity contribution in [2.75, 3.05) is 17.2 Å². The Labute approximate surface area is 137 Å². The van der Waals surface area contributed by atoms with Crippen molar-refractivity contribution in [2.45, 2.75) is 49.3 Å². The van der Waals surface area contributed by atoms with Crippen LogP contribution in [0.3, 0.4) is 0 Å². The number of sulfone groups is 2. The van der Waals surface area contributed by atoms with Gasteiger partial charge in [-0.05, 0) is 25.0 Å². The number of anilines is 1. The van der Waals surface area contributed by atoms with Crippen LogP contribution in [-0.4, -0.2) is 28.3 Å². The summed E-state index contributed by atoms with van der Waals surface area (Å²) < 4.78 is 49.2. The number of halogens is 1. The molecule has 0 aliphatic carbocycles. The zero-order valence-corrected chi connectivity index (χ0v) is 15.2. The van der Waals surface area contributed by atoms with Crippen molar-refractivity contribution in [3.8, 4) is 0 Å². The molecular formula is C14H22ClNO4S2. The van der Waals surface area contributed by atoms with Crippen LogP contribution in [0.25, 0.3) is 0 Å². The van der Waals surface area contributed by atoms with E-state index in [1.807, 2.05) is 13.8 Å².